The second-order valence-corrected chi connectivity index (χ2v) is 7.13. The van der Waals surface area contributed by atoms with Gasteiger partial charge in [0, 0.05) is 36.8 Å². The van der Waals surface area contributed by atoms with Crippen molar-refractivity contribution in [2.24, 2.45) is 4.99 Å². The molecule has 31 heavy (non-hydrogen) atoms. The number of hydrogen-bond donors (Lipinski definition) is 2. The highest BCUT2D eigenvalue weighted by molar-refractivity contribution is 6.27. The molecule has 0 fully saturated rings. The molecule has 9 nitrogen and oxygen atoms in total. The highest BCUT2D eigenvalue weighted by Crippen LogP contribution is 2.33. The van der Waals surface area contributed by atoms with Crippen LogP contribution < -0.4 is 20.1 Å². The van der Waals surface area contributed by atoms with Gasteiger partial charge in [-0.3, -0.25) is 9.79 Å². The first-order valence-electron chi connectivity index (χ1n) is 9.73. The highest BCUT2D eigenvalue weighted by atomic mass is 16.5. The van der Waals surface area contributed by atoms with E-state index in [1.54, 1.807) is 20.4 Å². The molecule has 0 saturated carbocycles. The van der Waals surface area contributed by atoms with Crippen LogP contribution in [-0.2, 0) is 4.79 Å². The second kappa shape index (κ2) is 7.60. The number of rotatable bonds is 5. The number of nitrogens with zero attached hydrogens (tertiary/aromatic N) is 4. The number of benzene rings is 1. The van der Waals surface area contributed by atoms with Gasteiger partial charge in [0.25, 0.3) is 5.91 Å². The number of carbonyl (C=O) groups is 1. The molecule has 0 radical (unpaired) electrons. The molecule has 9 heteroatoms. The van der Waals surface area contributed by atoms with Gasteiger partial charge in [0.15, 0.2) is 23.0 Å². The maximum atomic E-state index is 11.7. The van der Waals surface area contributed by atoms with Gasteiger partial charge in [-0.25, -0.2) is 9.97 Å². The largest absolute Gasteiger partial charge is 0.493 e. The molecule has 1 atom stereocenters. The number of aliphatic imine (C=N–C) groups is 1. The summed E-state index contributed by atoms with van der Waals surface area (Å²) in [6.45, 7) is 0. The van der Waals surface area contributed by atoms with Gasteiger partial charge >= 0.3 is 0 Å². The summed E-state index contributed by atoms with van der Waals surface area (Å²) in [4.78, 5) is 25.2. The van der Waals surface area contributed by atoms with E-state index in [4.69, 9.17) is 14.5 Å². The quantitative estimate of drug-likeness (QED) is 0.663. The minimum atomic E-state index is -0.183. The summed E-state index contributed by atoms with van der Waals surface area (Å²) >= 11 is 0. The van der Waals surface area contributed by atoms with Crippen molar-refractivity contribution in [1.82, 2.24) is 19.7 Å². The number of hydrogen-bond acceptors (Lipinski definition) is 7. The molecule has 1 aliphatic heterocycles. The van der Waals surface area contributed by atoms with Crippen LogP contribution in [0.15, 0.2) is 59.6 Å². The van der Waals surface area contributed by atoms with Gasteiger partial charge in [0.1, 0.15) is 0 Å². The van der Waals surface area contributed by atoms with E-state index in [1.807, 2.05) is 47.1 Å². The predicted octanol–water partition coefficient (Wildman–Crippen LogP) is 2.73. The highest BCUT2D eigenvalue weighted by Gasteiger charge is 2.25. The molecule has 1 unspecified atom stereocenters. The molecule has 2 aliphatic rings. The fourth-order valence-corrected chi connectivity index (χ4v) is 3.71. The van der Waals surface area contributed by atoms with E-state index in [0.717, 1.165) is 22.7 Å². The van der Waals surface area contributed by atoms with Crippen molar-refractivity contribution in [3.63, 3.8) is 0 Å². The molecule has 1 amide bonds. The lowest BCUT2D eigenvalue weighted by Gasteiger charge is -2.25. The van der Waals surface area contributed by atoms with Crippen LogP contribution in [0.3, 0.4) is 0 Å². The van der Waals surface area contributed by atoms with Gasteiger partial charge in [-0.05, 0) is 23.8 Å². The lowest BCUT2D eigenvalue weighted by Crippen LogP contribution is -2.40. The Morgan fingerprint density at radius 3 is 2.90 bits per heavy atom. The van der Waals surface area contributed by atoms with E-state index in [1.165, 1.54) is 6.21 Å². The lowest BCUT2D eigenvalue weighted by atomic mass is 9.95. The average Bonchev–Trinajstić information content (AvgIpc) is 3.27. The number of amides is 1. The molecule has 3 aromatic rings. The topological polar surface area (TPSA) is 102 Å². The fraction of sp³-hybridized carbons (Fsp3) is 0.182. The molecular formula is C22H20N6O3. The number of fused-ring (bicyclic) bond motifs is 2. The van der Waals surface area contributed by atoms with E-state index < -0.39 is 0 Å². The zero-order valence-electron chi connectivity index (χ0n) is 17.0. The molecule has 1 aliphatic carbocycles. The molecular weight excluding hydrogens is 396 g/mol. The summed E-state index contributed by atoms with van der Waals surface area (Å²) in [5, 5.41) is 6.28. The van der Waals surface area contributed by atoms with Crippen molar-refractivity contribution in [3.05, 3.63) is 60.3 Å². The molecule has 156 valence electrons. The Morgan fingerprint density at radius 2 is 2.06 bits per heavy atom. The van der Waals surface area contributed by atoms with Crippen LogP contribution in [-0.4, -0.2) is 46.8 Å². The number of allylic oxidation sites excluding steroid dienone is 2. The van der Waals surface area contributed by atoms with E-state index in [9.17, 15) is 4.79 Å². The Kier molecular flexibility index (Phi) is 4.62. The third-order valence-corrected chi connectivity index (χ3v) is 5.23. The number of aromatic nitrogens is 3. The van der Waals surface area contributed by atoms with Gasteiger partial charge in [0.2, 0.25) is 0 Å². The van der Waals surface area contributed by atoms with E-state index in [-0.39, 0.29) is 11.9 Å². The number of methoxy groups -OCH3 is 2. The third kappa shape index (κ3) is 3.50. The molecule has 2 N–H and O–H groups in total. The predicted molar refractivity (Wildman–Crippen MR) is 117 cm³/mol. The summed E-state index contributed by atoms with van der Waals surface area (Å²) in [5.41, 5.74) is 4.11. The first kappa shape index (κ1) is 18.9. The van der Waals surface area contributed by atoms with Crippen molar-refractivity contribution < 1.29 is 14.3 Å². The van der Waals surface area contributed by atoms with Gasteiger partial charge in [-0.15, -0.1) is 0 Å². The van der Waals surface area contributed by atoms with Crippen LogP contribution in [0.2, 0.25) is 0 Å². The lowest BCUT2D eigenvalue weighted by molar-refractivity contribution is -0.115. The zero-order valence-corrected chi connectivity index (χ0v) is 17.0. The minimum absolute atomic E-state index is 0.153. The van der Waals surface area contributed by atoms with Gasteiger partial charge in [-0.1, -0.05) is 6.08 Å². The Labute approximate surface area is 178 Å². The number of nitrogens with one attached hydrogen (secondary N) is 2. The van der Waals surface area contributed by atoms with Crippen LogP contribution in [0, 0.1) is 0 Å². The van der Waals surface area contributed by atoms with Gasteiger partial charge in [-0.2, -0.15) is 0 Å². The summed E-state index contributed by atoms with van der Waals surface area (Å²) in [6, 6.07) is 5.41. The normalized spacial score (nSPS) is 17.5. The zero-order chi connectivity index (χ0) is 21.4. The molecule has 0 saturated heterocycles. The first-order valence-corrected chi connectivity index (χ1v) is 9.73. The third-order valence-electron chi connectivity index (χ3n) is 5.23. The summed E-state index contributed by atoms with van der Waals surface area (Å²) in [6.07, 6.45) is 11.4. The van der Waals surface area contributed by atoms with Gasteiger partial charge in [0.05, 0.1) is 37.9 Å². The maximum absolute atomic E-state index is 11.7. The summed E-state index contributed by atoms with van der Waals surface area (Å²) in [7, 11) is 3.20. The van der Waals surface area contributed by atoms with Crippen LogP contribution in [0.5, 0.6) is 11.5 Å². The second-order valence-electron chi connectivity index (χ2n) is 7.13. The maximum Gasteiger partial charge on any atom is 0.262 e. The SMILES string of the molecule is COc1ccc(Nc2nc(C3=CC=C4N=CC(=O)NC4C3)cn3ccnc23)cc1OC. The van der Waals surface area contributed by atoms with Crippen LogP contribution in [0.1, 0.15) is 12.1 Å². The van der Waals surface area contributed by atoms with Crippen molar-refractivity contribution in [1.29, 1.82) is 0 Å². The van der Waals surface area contributed by atoms with Crippen molar-refractivity contribution in [2.75, 3.05) is 19.5 Å². The molecule has 3 heterocycles. The van der Waals surface area contributed by atoms with Crippen molar-refractivity contribution in [2.45, 2.75) is 12.5 Å². The molecule has 0 bridgehead atoms. The Morgan fingerprint density at radius 1 is 1.19 bits per heavy atom. The standard InChI is InChI=1S/C22H20N6O3/c1-30-18-6-4-14(10-19(18)31-2)25-21-22-23-7-8-28(22)12-17(27-21)13-3-5-15-16(9-13)26-20(29)11-24-15/h3-8,10-12,16H,9H2,1-2H3,(H,25,27)(H,26,29). The van der Waals surface area contributed by atoms with Gasteiger partial charge < -0.3 is 24.5 Å². The number of anilines is 2. The van der Waals surface area contributed by atoms with Crippen molar-refractivity contribution in [3.8, 4) is 11.5 Å². The Bertz CT molecular complexity index is 1270. The van der Waals surface area contributed by atoms with E-state index in [0.29, 0.717) is 29.4 Å². The van der Waals surface area contributed by atoms with E-state index in [2.05, 4.69) is 20.6 Å². The van der Waals surface area contributed by atoms with Crippen LogP contribution in [0.25, 0.3) is 11.2 Å². The number of imidazole rings is 1. The minimum Gasteiger partial charge on any atom is -0.493 e. The van der Waals surface area contributed by atoms with E-state index >= 15 is 0 Å². The molecule has 0 spiro atoms. The van der Waals surface area contributed by atoms with Crippen LogP contribution >= 0.6 is 0 Å². The summed E-state index contributed by atoms with van der Waals surface area (Å²) in [5.74, 6) is 1.69. The Hall–Kier alpha value is -4.14. The number of carbonyl (C=O) groups excluding carboxylic acids is 1. The summed E-state index contributed by atoms with van der Waals surface area (Å²) < 4.78 is 12.6. The molecule has 2 aromatic heterocycles. The monoisotopic (exact) mass is 416 g/mol. The Balaban J connectivity index is 1.51. The molecule has 5 rings (SSSR count). The molecule has 1 aromatic carbocycles. The smallest absolute Gasteiger partial charge is 0.262 e. The first-order chi connectivity index (χ1) is 15.1. The average molecular weight is 416 g/mol. The van der Waals surface area contributed by atoms with Crippen molar-refractivity contribution >= 4 is 34.8 Å². The van der Waals surface area contributed by atoms with Crippen LogP contribution in [0.4, 0.5) is 11.5 Å². The number of ether oxygens (including phenoxy) is 2. The fourth-order valence-electron chi connectivity index (χ4n) is 3.71.